The van der Waals surface area contributed by atoms with Crippen LogP contribution in [-0.4, -0.2) is 65.9 Å². The van der Waals surface area contributed by atoms with Gasteiger partial charge in [0.05, 0.1) is 19.8 Å². The van der Waals surface area contributed by atoms with E-state index in [2.05, 4.69) is 10.2 Å². The lowest BCUT2D eigenvalue weighted by molar-refractivity contribution is -0.00325. The minimum Gasteiger partial charge on any atom is -0.432 e. The Hall–Kier alpha value is -2.59. The number of ether oxygens (including phenoxy) is 3. The molecule has 0 aromatic carbocycles. The van der Waals surface area contributed by atoms with E-state index in [0.29, 0.717) is 19.8 Å². The topological polar surface area (TPSA) is 119 Å². The number of hydrogen-bond donors (Lipinski definition) is 2. The van der Waals surface area contributed by atoms with Crippen molar-refractivity contribution in [2.75, 3.05) is 38.4 Å². The molecule has 0 saturated carbocycles. The van der Waals surface area contributed by atoms with Crippen molar-refractivity contribution in [2.45, 2.75) is 6.17 Å². The summed E-state index contributed by atoms with van der Waals surface area (Å²) >= 11 is 0. The number of carbonyl (C=O) groups is 2. The van der Waals surface area contributed by atoms with E-state index in [0.717, 1.165) is 6.07 Å². The number of amides is 1. The van der Waals surface area contributed by atoms with E-state index >= 15 is 0 Å². The summed E-state index contributed by atoms with van der Waals surface area (Å²) < 4.78 is 16.1. The molecule has 3 rings (SSSR count). The molecule has 2 aliphatic heterocycles. The van der Waals surface area contributed by atoms with Gasteiger partial charge in [-0.2, -0.15) is 0 Å². The maximum Gasteiger partial charge on any atom is 0.514 e. The van der Waals surface area contributed by atoms with Crippen LogP contribution in [0.3, 0.4) is 0 Å². The van der Waals surface area contributed by atoms with Gasteiger partial charge in [-0.25, -0.2) is 4.79 Å². The van der Waals surface area contributed by atoms with Crippen LogP contribution in [0.15, 0.2) is 17.1 Å². The summed E-state index contributed by atoms with van der Waals surface area (Å²) in [5.41, 5.74) is 2.29. The number of aromatic nitrogens is 1. The minimum absolute atomic E-state index is 0.0865. The smallest absolute Gasteiger partial charge is 0.432 e. The first-order chi connectivity index (χ1) is 11.1. The molecule has 1 atom stereocenters. The maximum absolute atomic E-state index is 12.6. The minimum atomic E-state index is -1.16. The Labute approximate surface area is 130 Å². The van der Waals surface area contributed by atoms with Crippen molar-refractivity contribution in [3.8, 4) is 5.75 Å². The molecule has 3 heterocycles. The molecule has 10 nitrogen and oxygen atoms in total. The summed E-state index contributed by atoms with van der Waals surface area (Å²) in [6, 6.07) is 1.16. The second-order valence-corrected chi connectivity index (χ2v) is 4.87. The van der Waals surface area contributed by atoms with Gasteiger partial charge < -0.3 is 29.6 Å². The molecule has 1 aromatic heterocycles. The molecular weight excluding hydrogens is 310 g/mol. The molecule has 0 spiro atoms. The van der Waals surface area contributed by atoms with Gasteiger partial charge in [0.2, 0.25) is 11.2 Å². The van der Waals surface area contributed by atoms with Gasteiger partial charge >= 0.3 is 6.16 Å². The molecular formula is C13H15N3O7. The lowest BCUT2D eigenvalue weighted by Gasteiger charge is -2.41. The van der Waals surface area contributed by atoms with Crippen LogP contribution in [0.25, 0.3) is 0 Å². The number of aliphatic hydroxyl groups is 1. The van der Waals surface area contributed by atoms with E-state index in [-0.39, 0.29) is 25.1 Å². The molecule has 0 aliphatic carbocycles. The zero-order valence-electron chi connectivity index (χ0n) is 12.1. The van der Waals surface area contributed by atoms with Gasteiger partial charge in [-0.1, -0.05) is 0 Å². The predicted molar refractivity (Wildman–Crippen MR) is 74.8 cm³/mol. The van der Waals surface area contributed by atoms with Crippen molar-refractivity contribution in [3.05, 3.63) is 28.2 Å². The van der Waals surface area contributed by atoms with E-state index in [9.17, 15) is 14.4 Å². The highest BCUT2D eigenvalue weighted by atomic mass is 16.7. The molecule has 124 valence electrons. The summed E-state index contributed by atoms with van der Waals surface area (Å²) in [6.07, 6.45) is -0.143. The molecule has 1 amide bonds. The average Bonchev–Trinajstić information content (AvgIpc) is 2.56. The van der Waals surface area contributed by atoms with Gasteiger partial charge in [0.15, 0.2) is 5.69 Å². The summed E-state index contributed by atoms with van der Waals surface area (Å²) in [4.78, 5) is 37.6. The van der Waals surface area contributed by atoms with Crippen LogP contribution >= 0.6 is 0 Å². The Morgan fingerprint density at radius 3 is 3.09 bits per heavy atom. The molecule has 0 radical (unpaired) electrons. The summed E-state index contributed by atoms with van der Waals surface area (Å²) in [5.74, 6) is -0.863. The molecule has 0 bridgehead atoms. The van der Waals surface area contributed by atoms with Crippen LogP contribution in [0.5, 0.6) is 5.75 Å². The van der Waals surface area contributed by atoms with Gasteiger partial charge in [-0.15, -0.1) is 0 Å². The Morgan fingerprint density at radius 1 is 1.48 bits per heavy atom. The van der Waals surface area contributed by atoms with Crippen LogP contribution < -0.4 is 15.6 Å². The van der Waals surface area contributed by atoms with E-state index < -0.39 is 23.2 Å². The Morgan fingerprint density at radius 2 is 2.30 bits per heavy atom. The van der Waals surface area contributed by atoms with Crippen LogP contribution in [0.1, 0.15) is 10.5 Å². The van der Waals surface area contributed by atoms with E-state index in [1.807, 2.05) is 0 Å². The summed E-state index contributed by atoms with van der Waals surface area (Å²) in [5, 5.41) is 8.62. The standard InChI is InChI=1S/C13H15N3O7/c17-4-6-22-13(20)23-11-8(18)1-2-16-10(11)12(19)15-3-5-21-7-9(15)14-16/h1-2,9,14,17H,3-7H2/t9-/m0/s1. The normalized spacial score (nSPS) is 19.4. The maximum atomic E-state index is 12.6. The van der Waals surface area contributed by atoms with Gasteiger partial charge in [-0.05, 0) is 0 Å². The Balaban J connectivity index is 1.94. The van der Waals surface area contributed by atoms with Crippen molar-refractivity contribution in [3.63, 3.8) is 0 Å². The van der Waals surface area contributed by atoms with Gasteiger partial charge in [0.1, 0.15) is 12.8 Å². The number of rotatable bonds is 3. The fraction of sp³-hybridized carbons (Fsp3) is 0.462. The molecule has 2 N–H and O–H groups in total. The Bertz CT molecular complexity index is 687. The van der Waals surface area contributed by atoms with Crippen molar-refractivity contribution in [2.24, 2.45) is 0 Å². The number of fused-ring (bicyclic) bond motifs is 2. The zero-order chi connectivity index (χ0) is 16.4. The third kappa shape index (κ3) is 2.85. The monoisotopic (exact) mass is 325 g/mol. The lowest BCUT2D eigenvalue weighted by atomic mass is 10.2. The molecule has 1 fully saturated rings. The van der Waals surface area contributed by atoms with Crippen molar-refractivity contribution in [1.82, 2.24) is 9.58 Å². The highest BCUT2D eigenvalue weighted by Crippen LogP contribution is 2.22. The number of nitrogens with zero attached hydrogens (tertiary/aromatic N) is 2. The van der Waals surface area contributed by atoms with Crippen LogP contribution in [0.4, 0.5) is 4.79 Å². The van der Waals surface area contributed by atoms with Crippen molar-refractivity contribution < 1.29 is 28.9 Å². The molecule has 1 aromatic rings. The molecule has 0 unspecified atom stereocenters. The number of pyridine rings is 1. The second-order valence-electron chi connectivity index (χ2n) is 4.87. The van der Waals surface area contributed by atoms with E-state index in [1.54, 1.807) is 0 Å². The number of carbonyl (C=O) groups excluding carboxylic acids is 2. The summed E-state index contributed by atoms with van der Waals surface area (Å²) in [6.45, 7) is 0.402. The Kier molecular flexibility index (Phi) is 4.17. The van der Waals surface area contributed by atoms with Gasteiger partial charge in [0, 0.05) is 18.8 Å². The van der Waals surface area contributed by atoms with Crippen LogP contribution in [0, 0.1) is 0 Å². The van der Waals surface area contributed by atoms with Crippen LogP contribution in [-0.2, 0) is 9.47 Å². The van der Waals surface area contributed by atoms with E-state index in [1.165, 1.54) is 15.8 Å². The van der Waals surface area contributed by atoms with Crippen LogP contribution in [0.2, 0.25) is 0 Å². The third-order valence-corrected chi connectivity index (χ3v) is 3.43. The fourth-order valence-corrected chi connectivity index (χ4v) is 2.42. The fourth-order valence-electron chi connectivity index (χ4n) is 2.42. The zero-order valence-corrected chi connectivity index (χ0v) is 12.1. The van der Waals surface area contributed by atoms with Gasteiger partial charge in [0.25, 0.3) is 5.91 Å². The first kappa shape index (κ1) is 15.3. The number of morpholine rings is 1. The highest BCUT2D eigenvalue weighted by Gasteiger charge is 2.37. The largest absolute Gasteiger partial charge is 0.514 e. The number of aliphatic hydroxyl groups excluding tert-OH is 1. The van der Waals surface area contributed by atoms with E-state index in [4.69, 9.17) is 14.6 Å². The second kappa shape index (κ2) is 6.26. The molecule has 23 heavy (non-hydrogen) atoms. The third-order valence-electron chi connectivity index (χ3n) is 3.43. The summed E-state index contributed by atoms with van der Waals surface area (Å²) in [7, 11) is 0. The highest BCUT2D eigenvalue weighted by molar-refractivity contribution is 5.97. The SMILES string of the molecule is O=C(OCCO)Oc1c2n(ccc1=O)N[C@@H]1COCCN1C2=O. The first-order valence-electron chi connectivity index (χ1n) is 6.98. The van der Waals surface area contributed by atoms with Gasteiger partial charge in [-0.3, -0.25) is 14.3 Å². The lowest BCUT2D eigenvalue weighted by Crippen LogP contribution is -2.59. The molecule has 10 heteroatoms. The quantitative estimate of drug-likeness (QED) is 0.659. The molecule has 2 aliphatic rings. The molecule has 1 saturated heterocycles. The average molecular weight is 325 g/mol. The first-order valence-corrected chi connectivity index (χ1v) is 6.98. The predicted octanol–water partition coefficient (Wildman–Crippen LogP) is -1.29. The van der Waals surface area contributed by atoms with Crippen molar-refractivity contribution >= 4 is 12.1 Å². The number of nitrogens with one attached hydrogen (secondary N) is 1. The van der Waals surface area contributed by atoms with Crippen molar-refractivity contribution in [1.29, 1.82) is 0 Å². The number of hydrogen-bond acceptors (Lipinski definition) is 8.